The Morgan fingerprint density at radius 1 is 1.55 bits per heavy atom. The van der Waals surface area contributed by atoms with Gasteiger partial charge in [-0.2, -0.15) is 0 Å². The van der Waals surface area contributed by atoms with Crippen molar-refractivity contribution >= 4 is 11.6 Å². The molecule has 0 fully saturated rings. The molecular formula is C9H13ClO. The van der Waals surface area contributed by atoms with Gasteiger partial charge in [0.15, 0.2) is 0 Å². The van der Waals surface area contributed by atoms with E-state index in [0.29, 0.717) is 5.03 Å². The standard InChI is InChI=1S/C9H13ClO/c1-9(2,3)6-4-8(10)5-7-11/h5,11H,7H2,1-3H3/b8-5+. The van der Waals surface area contributed by atoms with Gasteiger partial charge in [0.2, 0.25) is 0 Å². The second-order valence-electron chi connectivity index (χ2n) is 3.23. The first-order valence-corrected chi connectivity index (χ1v) is 3.83. The van der Waals surface area contributed by atoms with E-state index in [1.165, 1.54) is 6.08 Å². The largest absolute Gasteiger partial charge is 0.392 e. The molecule has 62 valence electrons. The lowest BCUT2D eigenvalue weighted by Crippen LogP contribution is -1.99. The Bertz CT molecular complexity index is 200. The molecule has 0 unspecified atom stereocenters. The van der Waals surface area contributed by atoms with Crippen LogP contribution >= 0.6 is 11.6 Å². The molecular weight excluding hydrogens is 160 g/mol. The van der Waals surface area contributed by atoms with Crippen LogP contribution in [0.1, 0.15) is 20.8 Å². The molecule has 0 aromatic heterocycles. The quantitative estimate of drug-likeness (QED) is 0.601. The molecule has 0 aromatic rings. The fraction of sp³-hybridized carbons (Fsp3) is 0.556. The molecule has 0 rings (SSSR count). The van der Waals surface area contributed by atoms with Crippen molar-refractivity contribution in [3.05, 3.63) is 11.1 Å². The Kier molecular flexibility index (Phi) is 4.25. The van der Waals surface area contributed by atoms with Crippen LogP contribution < -0.4 is 0 Å². The van der Waals surface area contributed by atoms with E-state index in [1.807, 2.05) is 20.8 Å². The van der Waals surface area contributed by atoms with Gasteiger partial charge >= 0.3 is 0 Å². The van der Waals surface area contributed by atoms with Gasteiger partial charge in [0.1, 0.15) is 0 Å². The second kappa shape index (κ2) is 4.43. The summed E-state index contributed by atoms with van der Waals surface area (Å²) in [4.78, 5) is 0. The summed E-state index contributed by atoms with van der Waals surface area (Å²) in [7, 11) is 0. The first-order chi connectivity index (χ1) is 4.95. The average Bonchev–Trinajstić information content (AvgIpc) is 1.83. The molecule has 1 nitrogen and oxygen atoms in total. The third-order valence-corrected chi connectivity index (χ3v) is 1.08. The van der Waals surface area contributed by atoms with E-state index in [-0.39, 0.29) is 12.0 Å². The zero-order valence-corrected chi connectivity index (χ0v) is 7.87. The first kappa shape index (κ1) is 10.6. The summed E-state index contributed by atoms with van der Waals surface area (Å²) < 4.78 is 0. The fourth-order valence-corrected chi connectivity index (χ4v) is 0.495. The maximum absolute atomic E-state index is 8.44. The lowest BCUT2D eigenvalue weighted by atomic mass is 9.98. The van der Waals surface area contributed by atoms with Crippen LogP contribution in [0.15, 0.2) is 11.1 Å². The van der Waals surface area contributed by atoms with Crippen molar-refractivity contribution in [3.63, 3.8) is 0 Å². The van der Waals surface area contributed by atoms with Gasteiger partial charge in [-0.15, -0.1) is 0 Å². The lowest BCUT2D eigenvalue weighted by molar-refractivity contribution is 0.342. The molecule has 0 aromatic carbocycles. The normalized spacial score (nSPS) is 12.3. The minimum absolute atomic E-state index is 0.0383. The number of allylic oxidation sites excluding steroid dienone is 1. The van der Waals surface area contributed by atoms with Gasteiger partial charge in [0.25, 0.3) is 0 Å². The third kappa shape index (κ3) is 7.45. The van der Waals surface area contributed by atoms with Crippen LogP contribution in [0.5, 0.6) is 0 Å². The highest BCUT2D eigenvalue weighted by atomic mass is 35.5. The maximum atomic E-state index is 8.44. The molecule has 0 bridgehead atoms. The van der Waals surface area contributed by atoms with Gasteiger partial charge in [0, 0.05) is 5.41 Å². The Morgan fingerprint density at radius 3 is 2.45 bits per heavy atom. The summed E-state index contributed by atoms with van der Waals surface area (Å²) in [5, 5.41) is 8.84. The van der Waals surface area contributed by atoms with Crippen LogP contribution in [0.2, 0.25) is 0 Å². The molecule has 0 atom stereocenters. The molecule has 0 spiro atoms. The van der Waals surface area contributed by atoms with Gasteiger partial charge in [-0.3, -0.25) is 0 Å². The van der Waals surface area contributed by atoms with Crippen LogP contribution in [-0.4, -0.2) is 11.7 Å². The number of hydrogen-bond acceptors (Lipinski definition) is 1. The van der Waals surface area contributed by atoms with E-state index in [2.05, 4.69) is 11.8 Å². The van der Waals surface area contributed by atoms with E-state index in [4.69, 9.17) is 16.7 Å². The summed E-state index contributed by atoms with van der Waals surface area (Å²) in [6.07, 6.45) is 1.47. The molecule has 0 saturated heterocycles. The van der Waals surface area contributed by atoms with Crippen molar-refractivity contribution in [2.45, 2.75) is 20.8 Å². The summed E-state index contributed by atoms with van der Waals surface area (Å²) in [6, 6.07) is 0. The minimum Gasteiger partial charge on any atom is -0.392 e. The van der Waals surface area contributed by atoms with Gasteiger partial charge in [0.05, 0.1) is 11.6 Å². The van der Waals surface area contributed by atoms with Crippen molar-refractivity contribution in [1.82, 2.24) is 0 Å². The number of aliphatic hydroxyl groups excluding tert-OH is 1. The zero-order chi connectivity index (χ0) is 8.91. The maximum Gasteiger partial charge on any atom is 0.0887 e. The molecule has 2 heteroatoms. The Hall–Kier alpha value is -0.450. The Labute approximate surface area is 73.1 Å². The summed E-state index contributed by atoms with van der Waals surface area (Å²) in [6.45, 7) is 5.95. The summed E-state index contributed by atoms with van der Waals surface area (Å²) in [5.41, 5.74) is -0.0383. The van der Waals surface area contributed by atoms with Crippen molar-refractivity contribution in [1.29, 1.82) is 0 Å². The number of rotatable bonds is 1. The van der Waals surface area contributed by atoms with Crippen molar-refractivity contribution in [2.75, 3.05) is 6.61 Å². The summed E-state index contributed by atoms with van der Waals surface area (Å²) >= 11 is 5.61. The van der Waals surface area contributed by atoms with Crippen LogP contribution in [0.4, 0.5) is 0 Å². The van der Waals surface area contributed by atoms with Crippen LogP contribution in [0.3, 0.4) is 0 Å². The van der Waals surface area contributed by atoms with Crippen LogP contribution in [0, 0.1) is 17.3 Å². The molecule has 0 amide bonds. The number of halogens is 1. The molecule has 11 heavy (non-hydrogen) atoms. The van der Waals surface area contributed by atoms with E-state index >= 15 is 0 Å². The van der Waals surface area contributed by atoms with E-state index in [9.17, 15) is 0 Å². The van der Waals surface area contributed by atoms with Crippen LogP contribution in [-0.2, 0) is 0 Å². The van der Waals surface area contributed by atoms with Crippen molar-refractivity contribution in [3.8, 4) is 11.8 Å². The highest BCUT2D eigenvalue weighted by Crippen LogP contribution is 2.11. The first-order valence-electron chi connectivity index (χ1n) is 3.45. The van der Waals surface area contributed by atoms with E-state index in [1.54, 1.807) is 0 Å². The van der Waals surface area contributed by atoms with Crippen LogP contribution in [0.25, 0.3) is 0 Å². The molecule has 0 aliphatic carbocycles. The molecule has 0 heterocycles. The average molecular weight is 173 g/mol. The van der Waals surface area contributed by atoms with Gasteiger partial charge < -0.3 is 5.11 Å². The predicted molar refractivity (Wildman–Crippen MR) is 48.3 cm³/mol. The lowest BCUT2D eigenvalue weighted by Gasteiger charge is -2.06. The van der Waals surface area contributed by atoms with E-state index < -0.39 is 0 Å². The minimum atomic E-state index is -0.0579. The number of aliphatic hydroxyl groups is 1. The monoisotopic (exact) mass is 172 g/mol. The number of hydrogen-bond donors (Lipinski definition) is 1. The molecule has 0 aliphatic heterocycles. The second-order valence-corrected chi connectivity index (χ2v) is 3.64. The third-order valence-electron chi connectivity index (χ3n) is 0.827. The van der Waals surface area contributed by atoms with Crippen molar-refractivity contribution < 1.29 is 5.11 Å². The smallest absolute Gasteiger partial charge is 0.0887 e. The predicted octanol–water partition coefficient (Wildman–Crippen LogP) is 2.15. The zero-order valence-electron chi connectivity index (χ0n) is 7.11. The molecule has 0 saturated carbocycles. The van der Waals surface area contributed by atoms with Gasteiger partial charge in [-0.05, 0) is 26.8 Å². The van der Waals surface area contributed by atoms with Crippen molar-refractivity contribution in [2.24, 2.45) is 5.41 Å². The fourth-order valence-electron chi connectivity index (χ4n) is 0.378. The molecule has 0 radical (unpaired) electrons. The highest BCUT2D eigenvalue weighted by Gasteiger charge is 2.02. The van der Waals surface area contributed by atoms with Gasteiger partial charge in [-0.25, -0.2) is 0 Å². The molecule has 1 N–H and O–H groups in total. The topological polar surface area (TPSA) is 20.2 Å². The Morgan fingerprint density at radius 2 is 2.09 bits per heavy atom. The Balaban J connectivity index is 4.19. The van der Waals surface area contributed by atoms with E-state index in [0.717, 1.165) is 0 Å². The van der Waals surface area contributed by atoms with Gasteiger partial charge in [-0.1, -0.05) is 23.4 Å². The SMILES string of the molecule is CC(C)(C)C#C/C(Cl)=C\CO. The highest BCUT2D eigenvalue weighted by molar-refractivity contribution is 6.32. The molecule has 0 aliphatic rings. The summed E-state index contributed by atoms with van der Waals surface area (Å²) in [5.74, 6) is 5.69.